The number of nitrogen functional groups attached to an aromatic ring is 1. The molecule has 1 aromatic heterocycles. The van der Waals surface area contributed by atoms with Crippen LogP contribution in [0.2, 0.25) is 0 Å². The first-order valence-corrected chi connectivity index (χ1v) is 8.19. The molecule has 0 aliphatic carbocycles. The summed E-state index contributed by atoms with van der Waals surface area (Å²) in [6, 6.07) is 6.24. The van der Waals surface area contributed by atoms with Gasteiger partial charge in [0.05, 0.1) is 5.69 Å². The molecule has 114 valence electrons. The summed E-state index contributed by atoms with van der Waals surface area (Å²) in [5, 5.41) is 0.994. The summed E-state index contributed by atoms with van der Waals surface area (Å²) in [7, 11) is 1.87. The lowest BCUT2D eigenvalue weighted by Crippen LogP contribution is -2.35. The molecule has 0 fully saturated rings. The van der Waals surface area contributed by atoms with Crippen LogP contribution in [0.15, 0.2) is 18.2 Å². The smallest absolute Gasteiger partial charge is 0.266 e. The fraction of sp³-hybridized carbons (Fsp3) is 0.471. The molecule has 0 aliphatic heterocycles. The minimum absolute atomic E-state index is 0.0289. The van der Waals surface area contributed by atoms with Gasteiger partial charge in [0.1, 0.15) is 4.88 Å². The molecule has 21 heavy (non-hydrogen) atoms. The maximum atomic E-state index is 12.7. The maximum Gasteiger partial charge on any atom is 0.266 e. The van der Waals surface area contributed by atoms with Crippen molar-refractivity contribution in [2.24, 2.45) is 5.92 Å². The first kappa shape index (κ1) is 15.8. The van der Waals surface area contributed by atoms with Crippen LogP contribution in [0.3, 0.4) is 0 Å². The average molecular weight is 304 g/mol. The number of carbonyl (C=O) groups is 1. The molecule has 1 unspecified atom stereocenters. The number of fused-ring (bicyclic) bond motifs is 1. The Hall–Kier alpha value is -1.55. The van der Waals surface area contributed by atoms with Crippen LogP contribution >= 0.6 is 11.3 Å². The number of anilines is 1. The van der Waals surface area contributed by atoms with Gasteiger partial charge >= 0.3 is 0 Å². The van der Waals surface area contributed by atoms with E-state index in [0.29, 0.717) is 16.5 Å². The summed E-state index contributed by atoms with van der Waals surface area (Å²) < 4.78 is 1.11. The number of hydrogen-bond acceptors (Lipinski definition) is 3. The fourth-order valence-electron chi connectivity index (χ4n) is 2.64. The average Bonchev–Trinajstić information content (AvgIpc) is 2.75. The van der Waals surface area contributed by atoms with Gasteiger partial charge in [-0.1, -0.05) is 32.0 Å². The Morgan fingerprint density at radius 2 is 2.00 bits per heavy atom. The van der Waals surface area contributed by atoms with Crippen molar-refractivity contribution >= 4 is 33.0 Å². The minimum Gasteiger partial charge on any atom is -0.397 e. The van der Waals surface area contributed by atoms with E-state index in [-0.39, 0.29) is 11.9 Å². The largest absolute Gasteiger partial charge is 0.397 e. The Morgan fingerprint density at radius 1 is 1.33 bits per heavy atom. The van der Waals surface area contributed by atoms with Gasteiger partial charge in [0.25, 0.3) is 5.91 Å². The molecule has 2 aromatic rings. The van der Waals surface area contributed by atoms with E-state index < -0.39 is 0 Å². The number of benzene rings is 1. The third-order valence-electron chi connectivity index (χ3n) is 3.94. The lowest BCUT2D eigenvalue weighted by atomic mass is 10.0. The zero-order chi connectivity index (χ0) is 15.7. The van der Waals surface area contributed by atoms with Crippen molar-refractivity contribution in [3.8, 4) is 0 Å². The third-order valence-corrected chi connectivity index (χ3v) is 5.28. The van der Waals surface area contributed by atoms with Crippen LogP contribution in [0.4, 0.5) is 5.69 Å². The SMILES string of the molecule is Cc1cccc2c(N)c(C(=O)N(C)C(C)CC(C)C)sc12. The van der Waals surface area contributed by atoms with E-state index in [1.54, 1.807) is 0 Å². The van der Waals surface area contributed by atoms with Crippen molar-refractivity contribution in [3.63, 3.8) is 0 Å². The Balaban J connectivity index is 2.35. The van der Waals surface area contributed by atoms with Gasteiger partial charge in [-0.2, -0.15) is 0 Å². The lowest BCUT2D eigenvalue weighted by molar-refractivity contribution is 0.0734. The molecular weight excluding hydrogens is 280 g/mol. The summed E-state index contributed by atoms with van der Waals surface area (Å²) in [5.41, 5.74) is 8.00. The highest BCUT2D eigenvalue weighted by Gasteiger charge is 2.23. The van der Waals surface area contributed by atoms with Gasteiger partial charge in [-0.25, -0.2) is 0 Å². The molecule has 0 saturated heterocycles. The van der Waals surface area contributed by atoms with E-state index >= 15 is 0 Å². The number of nitrogens with zero attached hydrogens (tertiary/aromatic N) is 1. The van der Waals surface area contributed by atoms with Gasteiger partial charge in [-0.15, -0.1) is 11.3 Å². The second-order valence-corrected chi connectivity index (χ2v) is 7.21. The van der Waals surface area contributed by atoms with E-state index in [9.17, 15) is 4.79 Å². The van der Waals surface area contributed by atoms with Crippen molar-refractivity contribution in [1.29, 1.82) is 0 Å². The van der Waals surface area contributed by atoms with Crippen molar-refractivity contribution < 1.29 is 4.79 Å². The van der Waals surface area contributed by atoms with Crippen molar-refractivity contribution in [2.75, 3.05) is 12.8 Å². The van der Waals surface area contributed by atoms with E-state index in [0.717, 1.165) is 16.5 Å². The third kappa shape index (κ3) is 3.05. The summed E-state index contributed by atoms with van der Waals surface area (Å²) in [4.78, 5) is 15.2. The number of hydrogen-bond donors (Lipinski definition) is 1. The second kappa shape index (κ2) is 6.06. The van der Waals surface area contributed by atoms with E-state index in [2.05, 4.69) is 33.8 Å². The van der Waals surface area contributed by atoms with Gasteiger partial charge in [-0.3, -0.25) is 4.79 Å². The first-order chi connectivity index (χ1) is 9.82. The van der Waals surface area contributed by atoms with Crippen LogP contribution < -0.4 is 5.73 Å². The zero-order valence-corrected chi connectivity index (χ0v) is 14.3. The molecule has 2 N–H and O–H groups in total. The number of amides is 1. The number of aryl methyl sites for hydroxylation is 1. The Labute approximate surface area is 130 Å². The second-order valence-electron chi connectivity index (χ2n) is 6.19. The molecule has 0 aliphatic rings. The fourth-order valence-corrected chi connectivity index (χ4v) is 3.81. The zero-order valence-electron chi connectivity index (χ0n) is 13.4. The number of rotatable bonds is 4. The van der Waals surface area contributed by atoms with Gasteiger partial charge in [-0.05, 0) is 31.7 Å². The Kier molecular flexibility index (Phi) is 4.57. The monoisotopic (exact) mass is 304 g/mol. The predicted molar refractivity (Wildman–Crippen MR) is 92.0 cm³/mol. The van der Waals surface area contributed by atoms with Gasteiger partial charge in [0, 0.05) is 23.2 Å². The molecule has 0 bridgehead atoms. The number of carbonyl (C=O) groups excluding carboxylic acids is 1. The standard InChI is InChI=1S/C17H24N2OS/c1-10(2)9-12(4)19(5)17(20)16-14(18)13-8-6-7-11(3)15(13)21-16/h6-8,10,12H,9,18H2,1-5H3. The molecule has 3 nitrogen and oxygen atoms in total. The summed E-state index contributed by atoms with van der Waals surface area (Å²) in [5.74, 6) is 0.596. The highest BCUT2D eigenvalue weighted by atomic mass is 32.1. The molecule has 1 amide bonds. The topological polar surface area (TPSA) is 46.3 Å². The first-order valence-electron chi connectivity index (χ1n) is 7.37. The van der Waals surface area contributed by atoms with Crippen molar-refractivity contribution in [2.45, 2.75) is 40.2 Å². The molecule has 4 heteroatoms. The van der Waals surface area contributed by atoms with Crippen LogP contribution in [0.25, 0.3) is 10.1 Å². The lowest BCUT2D eigenvalue weighted by Gasteiger charge is -2.26. The summed E-state index contributed by atoms with van der Waals surface area (Å²) >= 11 is 1.51. The Bertz CT molecular complexity index is 660. The van der Waals surface area contributed by atoms with Gasteiger partial charge < -0.3 is 10.6 Å². The van der Waals surface area contributed by atoms with Crippen LogP contribution in [0.5, 0.6) is 0 Å². The molecule has 1 heterocycles. The predicted octanol–water partition coefficient (Wildman–Crippen LogP) is 4.30. The number of thiophene rings is 1. The highest BCUT2D eigenvalue weighted by molar-refractivity contribution is 7.21. The van der Waals surface area contributed by atoms with E-state index in [1.807, 2.05) is 24.1 Å². The highest BCUT2D eigenvalue weighted by Crippen LogP contribution is 2.36. The minimum atomic E-state index is 0.0289. The van der Waals surface area contributed by atoms with Crippen molar-refractivity contribution in [3.05, 3.63) is 28.6 Å². The van der Waals surface area contributed by atoms with E-state index in [1.165, 1.54) is 16.9 Å². The molecule has 2 rings (SSSR count). The summed E-state index contributed by atoms with van der Waals surface area (Å²) in [6.45, 7) is 8.49. The quantitative estimate of drug-likeness (QED) is 0.915. The normalized spacial score (nSPS) is 12.9. The van der Waals surface area contributed by atoms with Crippen LogP contribution in [-0.4, -0.2) is 23.9 Å². The van der Waals surface area contributed by atoms with Gasteiger partial charge in [0.2, 0.25) is 0 Å². The summed E-state index contributed by atoms with van der Waals surface area (Å²) in [6.07, 6.45) is 0.992. The maximum absolute atomic E-state index is 12.7. The molecule has 0 spiro atoms. The van der Waals surface area contributed by atoms with E-state index in [4.69, 9.17) is 5.73 Å². The van der Waals surface area contributed by atoms with Crippen molar-refractivity contribution in [1.82, 2.24) is 4.90 Å². The molecule has 1 atom stereocenters. The van der Waals surface area contributed by atoms with Gasteiger partial charge in [0.15, 0.2) is 0 Å². The van der Waals surface area contributed by atoms with Crippen LogP contribution in [-0.2, 0) is 0 Å². The Morgan fingerprint density at radius 3 is 2.57 bits per heavy atom. The number of nitrogens with two attached hydrogens (primary N) is 1. The van der Waals surface area contributed by atoms with Crippen LogP contribution in [0.1, 0.15) is 42.4 Å². The molecule has 0 saturated carbocycles. The molecule has 1 aromatic carbocycles. The molecule has 0 radical (unpaired) electrons. The van der Waals surface area contributed by atoms with Crippen LogP contribution in [0, 0.1) is 12.8 Å². The molecular formula is C17H24N2OS.